The summed E-state index contributed by atoms with van der Waals surface area (Å²) in [5.41, 5.74) is 6.53. The number of nitrogens with two attached hydrogens (primary N) is 1. The van der Waals surface area contributed by atoms with E-state index in [2.05, 4.69) is 10.2 Å². The monoisotopic (exact) mass is 376 g/mol. The molecule has 2 aliphatic rings. The fourth-order valence-electron chi connectivity index (χ4n) is 3.85. The number of carbonyl (C=O) groups excluding carboxylic acids is 2. The Balaban J connectivity index is 1.69. The highest BCUT2D eigenvalue weighted by Gasteiger charge is 2.41. The van der Waals surface area contributed by atoms with Crippen molar-refractivity contribution in [1.29, 1.82) is 0 Å². The minimum Gasteiger partial charge on any atom is -0.497 e. The van der Waals surface area contributed by atoms with Crippen molar-refractivity contribution >= 4 is 17.7 Å². The lowest BCUT2D eigenvalue weighted by molar-refractivity contribution is -0.149. The molecule has 2 aliphatic heterocycles. The van der Waals surface area contributed by atoms with E-state index in [0.29, 0.717) is 43.8 Å². The first kappa shape index (κ1) is 19.4. The van der Waals surface area contributed by atoms with Crippen LogP contribution in [0, 0.1) is 0 Å². The molecule has 0 aliphatic carbocycles. The number of anilines is 1. The quantitative estimate of drug-likeness (QED) is 0.768. The van der Waals surface area contributed by atoms with E-state index in [4.69, 9.17) is 15.2 Å². The van der Waals surface area contributed by atoms with Gasteiger partial charge in [-0.15, -0.1) is 0 Å². The summed E-state index contributed by atoms with van der Waals surface area (Å²) in [4.78, 5) is 28.3. The summed E-state index contributed by atoms with van der Waals surface area (Å²) < 4.78 is 10.6. The molecule has 1 aromatic rings. The molecule has 0 bridgehead atoms. The predicted octanol–water partition coefficient (Wildman–Crippen LogP) is 1.27. The van der Waals surface area contributed by atoms with Gasteiger partial charge in [0.15, 0.2) is 0 Å². The number of fused-ring (bicyclic) bond motifs is 1. The van der Waals surface area contributed by atoms with Crippen molar-refractivity contribution in [3.8, 4) is 5.75 Å². The van der Waals surface area contributed by atoms with Gasteiger partial charge in [-0.3, -0.25) is 9.69 Å². The van der Waals surface area contributed by atoms with Gasteiger partial charge in [-0.2, -0.15) is 0 Å². The first-order valence-electron chi connectivity index (χ1n) is 9.33. The molecule has 2 heterocycles. The molecule has 2 fully saturated rings. The molecular formula is C19H28N4O4. The van der Waals surface area contributed by atoms with E-state index in [-0.39, 0.29) is 18.1 Å². The molecule has 8 heteroatoms. The van der Waals surface area contributed by atoms with E-state index >= 15 is 0 Å². The van der Waals surface area contributed by atoms with Crippen LogP contribution in [0.25, 0.3) is 0 Å². The highest BCUT2D eigenvalue weighted by molar-refractivity contribution is 5.89. The normalized spacial score (nSPS) is 25.4. The Kier molecular flexibility index (Phi) is 6.18. The number of hydrogen-bond donors (Lipinski definition) is 2. The van der Waals surface area contributed by atoms with Gasteiger partial charge in [-0.1, -0.05) is 0 Å². The fraction of sp³-hybridized carbons (Fsp3) is 0.579. The van der Waals surface area contributed by atoms with E-state index in [0.717, 1.165) is 18.7 Å². The predicted molar refractivity (Wildman–Crippen MR) is 102 cm³/mol. The molecule has 2 amide bonds. The third-order valence-electron chi connectivity index (χ3n) is 5.28. The fourth-order valence-corrected chi connectivity index (χ4v) is 3.85. The molecule has 0 aromatic heterocycles. The van der Waals surface area contributed by atoms with Crippen molar-refractivity contribution < 1.29 is 19.1 Å². The zero-order valence-corrected chi connectivity index (χ0v) is 15.9. The van der Waals surface area contributed by atoms with Crippen LogP contribution in [0.4, 0.5) is 10.5 Å². The van der Waals surface area contributed by atoms with Gasteiger partial charge in [-0.25, -0.2) is 4.79 Å². The summed E-state index contributed by atoms with van der Waals surface area (Å²) in [6.45, 7) is 3.82. The molecule has 0 radical (unpaired) electrons. The number of rotatable bonds is 4. The number of methoxy groups -OCH3 is 1. The Morgan fingerprint density at radius 2 is 2.00 bits per heavy atom. The number of carbonyl (C=O) groups is 2. The largest absolute Gasteiger partial charge is 0.497 e. The zero-order valence-electron chi connectivity index (χ0n) is 15.9. The molecular weight excluding hydrogens is 348 g/mol. The summed E-state index contributed by atoms with van der Waals surface area (Å²) in [6.07, 6.45) is 1.36. The van der Waals surface area contributed by atoms with E-state index in [1.807, 2.05) is 0 Å². The SMILES string of the molecule is COc1ccc(NC(=O)N2CC(OC(C)=O)CCN3[C@H](CN)C[C@@H]3C2)cc1. The van der Waals surface area contributed by atoms with Crippen LogP contribution in [0.5, 0.6) is 5.75 Å². The highest BCUT2D eigenvalue weighted by atomic mass is 16.5. The minimum absolute atomic E-state index is 0.199. The van der Waals surface area contributed by atoms with E-state index < -0.39 is 0 Å². The Labute approximate surface area is 159 Å². The number of ether oxygens (including phenoxy) is 2. The molecule has 0 spiro atoms. The van der Waals surface area contributed by atoms with Gasteiger partial charge in [0.05, 0.1) is 13.7 Å². The van der Waals surface area contributed by atoms with Gasteiger partial charge in [0.1, 0.15) is 11.9 Å². The van der Waals surface area contributed by atoms with E-state index in [1.54, 1.807) is 36.3 Å². The standard InChI is InChI=1S/C19H28N4O4/c1-13(24)27-18-7-8-23-15(10-20)9-16(23)11-22(12-18)19(25)21-14-3-5-17(26-2)6-4-14/h3-6,15-16,18H,7-12,20H2,1-2H3,(H,21,25)/t15-,16+,18?/m0/s1. The number of nitrogens with one attached hydrogen (secondary N) is 1. The van der Waals surface area contributed by atoms with Crippen LogP contribution in [0.15, 0.2) is 24.3 Å². The highest BCUT2D eigenvalue weighted by Crippen LogP contribution is 2.29. The lowest BCUT2D eigenvalue weighted by Gasteiger charge is -2.51. The second-order valence-corrected chi connectivity index (χ2v) is 7.10. The Bertz CT molecular complexity index is 666. The lowest BCUT2D eigenvalue weighted by atomic mass is 9.90. The first-order valence-corrected chi connectivity index (χ1v) is 9.33. The second kappa shape index (κ2) is 8.58. The van der Waals surface area contributed by atoms with Crippen molar-refractivity contribution in [2.24, 2.45) is 5.73 Å². The number of amides is 2. The third-order valence-corrected chi connectivity index (χ3v) is 5.28. The van der Waals surface area contributed by atoms with Gasteiger partial charge in [0.2, 0.25) is 0 Å². The Morgan fingerprint density at radius 1 is 1.26 bits per heavy atom. The molecule has 27 heavy (non-hydrogen) atoms. The number of nitrogens with zero attached hydrogens (tertiary/aromatic N) is 2. The van der Waals surface area contributed by atoms with Crippen molar-refractivity contribution in [3.63, 3.8) is 0 Å². The molecule has 2 saturated heterocycles. The van der Waals surface area contributed by atoms with Gasteiger partial charge in [-0.05, 0) is 37.1 Å². The molecule has 8 nitrogen and oxygen atoms in total. The molecule has 3 N–H and O–H groups in total. The van der Waals surface area contributed by atoms with Crippen molar-refractivity contribution in [2.75, 3.05) is 38.6 Å². The Morgan fingerprint density at radius 3 is 2.63 bits per heavy atom. The first-order chi connectivity index (χ1) is 13.0. The van der Waals surface area contributed by atoms with E-state index in [1.165, 1.54) is 6.92 Å². The second-order valence-electron chi connectivity index (χ2n) is 7.10. The van der Waals surface area contributed by atoms with Crippen molar-refractivity contribution in [2.45, 2.75) is 38.0 Å². The van der Waals surface area contributed by atoms with Crippen LogP contribution in [-0.2, 0) is 9.53 Å². The smallest absolute Gasteiger partial charge is 0.322 e. The molecule has 1 unspecified atom stereocenters. The minimum atomic E-state index is -0.327. The molecule has 0 saturated carbocycles. The van der Waals surface area contributed by atoms with Crippen LogP contribution >= 0.6 is 0 Å². The maximum Gasteiger partial charge on any atom is 0.322 e. The number of hydrogen-bond acceptors (Lipinski definition) is 6. The number of esters is 1. The maximum atomic E-state index is 12.8. The summed E-state index contributed by atoms with van der Waals surface area (Å²) in [5.74, 6) is 0.402. The lowest BCUT2D eigenvalue weighted by Crippen LogP contribution is -2.65. The number of urea groups is 1. The summed E-state index contributed by atoms with van der Waals surface area (Å²) >= 11 is 0. The summed E-state index contributed by atoms with van der Waals surface area (Å²) in [5, 5.41) is 2.92. The van der Waals surface area contributed by atoms with Crippen LogP contribution in [0.2, 0.25) is 0 Å². The topological polar surface area (TPSA) is 97.1 Å². The molecule has 1 aromatic carbocycles. The zero-order chi connectivity index (χ0) is 19.4. The average Bonchev–Trinajstić information content (AvgIpc) is 2.62. The van der Waals surface area contributed by atoms with Crippen LogP contribution < -0.4 is 15.8 Å². The van der Waals surface area contributed by atoms with Gasteiger partial charge in [0, 0.05) is 44.3 Å². The molecule has 3 rings (SSSR count). The van der Waals surface area contributed by atoms with E-state index in [9.17, 15) is 9.59 Å². The van der Waals surface area contributed by atoms with Gasteiger partial charge >= 0.3 is 12.0 Å². The number of benzene rings is 1. The van der Waals surface area contributed by atoms with Crippen LogP contribution in [0.3, 0.4) is 0 Å². The molecule has 3 atom stereocenters. The molecule has 148 valence electrons. The third kappa shape index (κ3) is 4.70. The summed E-state index contributed by atoms with van der Waals surface area (Å²) in [7, 11) is 1.60. The van der Waals surface area contributed by atoms with Gasteiger partial charge in [0.25, 0.3) is 0 Å². The van der Waals surface area contributed by atoms with Crippen molar-refractivity contribution in [1.82, 2.24) is 9.80 Å². The Hall–Kier alpha value is -2.32. The maximum absolute atomic E-state index is 12.8. The van der Waals surface area contributed by atoms with Crippen LogP contribution in [-0.4, -0.2) is 73.3 Å². The van der Waals surface area contributed by atoms with Crippen molar-refractivity contribution in [3.05, 3.63) is 24.3 Å². The summed E-state index contributed by atoms with van der Waals surface area (Å²) in [6, 6.07) is 7.63. The van der Waals surface area contributed by atoms with Gasteiger partial charge < -0.3 is 25.4 Å². The average molecular weight is 376 g/mol. The van der Waals surface area contributed by atoms with Crippen LogP contribution in [0.1, 0.15) is 19.8 Å².